The fourth-order valence-electron chi connectivity index (χ4n) is 2.20. The van der Waals surface area contributed by atoms with Crippen molar-refractivity contribution in [1.29, 1.82) is 0 Å². The first-order valence-corrected chi connectivity index (χ1v) is 5.65. The Balaban J connectivity index is 0.00000108. The molecule has 0 unspecified atom stereocenters. The van der Waals surface area contributed by atoms with Crippen LogP contribution in [0.5, 0.6) is 0 Å². The van der Waals surface area contributed by atoms with Gasteiger partial charge in [-0.05, 0) is 0 Å². The van der Waals surface area contributed by atoms with Gasteiger partial charge < -0.3 is 17.0 Å². The Morgan fingerprint density at radius 3 is 2.41 bits per heavy atom. The molecule has 86 valence electrons. The summed E-state index contributed by atoms with van der Waals surface area (Å²) in [6.07, 6.45) is 3.33. The molecular formula is C15H14BrN. The summed E-state index contributed by atoms with van der Waals surface area (Å²) in [5.74, 6) is 0. The van der Waals surface area contributed by atoms with Crippen molar-refractivity contribution in [3.8, 4) is 0 Å². The van der Waals surface area contributed by atoms with Gasteiger partial charge in [0.05, 0.1) is 6.42 Å². The lowest BCUT2D eigenvalue weighted by atomic mass is 10.1. The van der Waals surface area contributed by atoms with Crippen molar-refractivity contribution in [2.45, 2.75) is 13.0 Å². The maximum Gasteiger partial charge on any atom is 0.208 e. The molecule has 1 heterocycles. The molecule has 2 aromatic carbocycles. The minimum absolute atomic E-state index is 0. The van der Waals surface area contributed by atoms with Crippen molar-refractivity contribution in [2.75, 3.05) is 0 Å². The smallest absolute Gasteiger partial charge is 0.208 e. The first-order valence-electron chi connectivity index (χ1n) is 5.65. The molecule has 3 rings (SSSR count). The van der Waals surface area contributed by atoms with Crippen LogP contribution in [-0.2, 0) is 13.0 Å². The second-order valence-corrected chi connectivity index (χ2v) is 4.13. The molecule has 1 nitrogen and oxygen atoms in total. The molecule has 2 heteroatoms. The van der Waals surface area contributed by atoms with Crippen LogP contribution in [0.15, 0.2) is 54.6 Å². The molecule has 0 saturated heterocycles. The van der Waals surface area contributed by atoms with Crippen LogP contribution >= 0.6 is 0 Å². The zero-order valence-corrected chi connectivity index (χ0v) is 11.1. The minimum Gasteiger partial charge on any atom is -1.00 e. The standard InChI is InChI=1S/C15H14N.BrH/c1-2-6-13(7-3-1)12-16-11-10-14-8-4-5-9-15(14)16;/h1-9,11H,10,12H2;1H/q+1;/p-1. The molecule has 2 aromatic rings. The fraction of sp³-hybridized carbons (Fsp3) is 0.133. The molecule has 0 spiro atoms. The number of rotatable bonds is 2. The number of benzene rings is 2. The summed E-state index contributed by atoms with van der Waals surface area (Å²) in [5.41, 5.74) is 4.14. The van der Waals surface area contributed by atoms with Crippen LogP contribution in [0.4, 0.5) is 5.69 Å². The van der Waals surface area contributed by atoms with E-state index in [0.29, 0.717) is 0 Å². The monoisotopic (exact) mass is 287 g/mol. The van der Waals surface area contributed by atoms with Gasteiger partial charge in [-0.25, -0.2) is 0 Å². The lowest BCUT2D eigenvalue weighted by Gasteiger charge is -2.00. The number of para-hydroxylation sites is 1. The molecule has 0 atom stereocenters. The topological polar surface area (TPSA) is 3.01 Å². The number of hydrogen-bond acceptors (Lipinski definition) is 0. The summed E-state index contributed by atoms with van der Waals surface area (Å²) in [6.45, 7) is 0.970. The van der Waals surface area contributed by atoms with Gasteiger partial charge in [-0.1, -0.05) is 48.5 Å². The predicted molar refractivity (Wildman–Crippen MR) is 66.3 cm³/mol. The van der Waals surface area contributed by atoms with Crippen molar-refractivity contribution >= 4 is 11.9 Å². The molecule has 0 amide bonds. The molecule has 17 heavy (non-hydrogen) atoms. The number of fused-ring (bicyclic) bond motifs is 1. The Kier molecular flexibility index (Phi) is 3.75. The second kappa shape index (κ2) is 5.28. The van der Waals surface area contributed by atoms with Gasteiger partial charge in [0.2, 0.25) is 5.69 Å². The summed E-state index contributed by atoms with van der Waals surface area (Å²) >= 11 is 0. The van der Waals surface area contributed by atoms with E-state index in [1.807, 2.05) is 0 Å². The minimum atomic E-state index is 0. The highest BCUT2D eigenvalue weighted by Crippen LogP contribution is 2.24. The average molecular weight is 288 g/mol. The number of nitrogens with zero attached hydrogens (tertiary/aromatic N) is 1. The van der Waals surface area contributed by atoms with Gasteiger partial charge in [-0.2, -0.15) is 4.58 Å². The van der Waals surface area contributed by atoms with Crippen molar-refractivity contribution in [3.05, 3.63) is 65.7 Å². The fourth-order valence-corrected chi connectivity index (χ4v) is 2.20. The van der Waals surface area contributed by atoms with Gasteiger partial charge in [0.25, 0.3) is 0 Å². The zero-order chi connectivity index (χ0) is 10.8. The second-order valence-electron chi connectivity index (χ2n) is 4.13. The lowest BCUT2D eigenvalue weighted by molar-refractivity contribution is -0.450. The molecule has 0 aromatic heterocycles. The van der Waals surface area contributed by atoms with Crippen LogP contribution in [-0.4, -0.2) is 10.8 Å². The molecule has 1 aliphatic rings. The highest BCUT2D eigenvalue weighted by molar-refractivity contribution is 5.66. The van der Waals surface area contributed by atoms with E-state index in [0.717, 1.165) is 13.0 Å². The molecule has 1 aliphatic heterocycles. The Morgan fingerprint density at radius 1 is 0.882 bits per heavy atom. The third-order valence-corrected chi connectivity index (χ3v) is 3.03. The zero-order valence-electron chi connectivity index (χ0n) is 9.51. The van der Waals surface area contributed by atoms with Gasteiger partial charge in [0.1, 0.15) is 0 Å². The number of halogens is 1. The average Bonchev–Trinajstić information content (AvgIpc) is 2.74. The van der Waals surface area contributed by atoms with Crippen molar-refractivity contribution in [2.24, 2.45) is 0 Å². The van der Waals surface area contributed by atoms with E-state index in [-0.39, 0.29) is 17.0 Å². The third kappa shape index (κ3) is 2.47. The maximum absolute atomic E-state index is 2.34. The van der Waals surface area contributed by atoms with Gasteiger partial charge in [-0.3, -0.25) is 0 Å². The van der Waals surface area contributed by atoms with Crippen LogP contribution in [0.25, 0.3) is 0 Å². The highest BCUT2D eigenvalue weighted by atomic mass is 79.9. The maximum atomic E-state index is 2.34. The summed E-state index contributed by atoms with van der Waals surface area (Å²) in [5, 5.41) is 0. The molecular weight excluding hydrogens is 274 g/mol. The Morgan fingerprint density at radius 2 is 1.59 bits per heavy atom. The predicted octanol–water partition coefficient (Wildman–Crippen LogP) is 0.162. The van der Waals surface area contributed by atoms with Crippen LogP contribution in [0.3, 0.4) is 0 Å². The Labute approximate surface area is 112 Å². The van der Waals surface area contributed by atoms with Crippen LogP contribution in [0, 0.1) is 0 Å². The largest absolute Gasteiger partial charge is 1.00 e. The third-order valence-electron chi connectivity index (χ3n) is 3.03. The lowest BCUT2D eigenvalue weighted by Crippen LogP contribution is -3.00. The molecule has 0 N–H and O–H groups in total. The van der Waals surface area contributed by atoms with E-state index in [1.54, 1.807) is 0 Å². The molecule has 0 aliphatic carbocycles. The van der Waals surface area contributed by atoms with E-state index < -0.39 is 0 Å². The molecule has 0 radical (unpaired) electrons. The van der Waals surface area contributed by atoms with E-state index in [4.69, 9.17) is 0 Å². The van der Waals surface area contributed by atoms with Crippen molar-refractivity contribution in [3.63, 3.8) is 0 Å². The van der Waals surface area contributed by atoms with Crippen LogP contribution in [0.2, 0.25) is 0 Å². The van der Waals surface area contributed by atoms with Crippen molar-refractivity contribution in [1.82, 2.24) is 0 Å². The van der Waals surface area contributed by atoms with E-state index in [1.165, 1.54) is 16.8 Å². The van der Waals surface area contributed by atoms with Crippen LogP contribution in [0.1, 0.15) is 11.1 Å². The first kappa shape index (κ1) is 12.1. The quantitative estimate of drug-likeness (QED) is 0.693. The normalized spacial score (nSPS) is 12.6. The Bertz CT molecular complexity index is 532. The summed E-state index contributed by atoms with van der Waals surface area (Å²) in [6, 6.07) is 19.2. The van der Waals surface area contributed by atoms with Gasteiger partial charge in [0.15, 0.2) is 12.8 Å². The Hall–Kier alpha value is -1.41. The highest BCUT2D eigenvalue weighted by Gasteiger charge is 2.20. The SMILES string of the molecule is C1=[N+](Cc2ccccc2)c2ccccc2C1.[Br-]. The van der Waals surface area contributed by atoms with E-state index in [2.05, 4.69) is 65.4 Å². The van der Waals surface area contributed by atoms with Crippen LogP contribution < -0.4 is 17.0 Å². The van der Waals surface area contributed by atoms with Gasteiger partial charge >= 0.3 is 0 Å². The van der Waals surface area contributed by atoms with E-state index >= 15 is 0 Å². The van der Waals surface area contributed by atoms with E-state index in [9.17, 15) is 0 Å². The van der Waals surface area contributed by atoms with Crippen molar-refractivity contribution < 1.29 is 21.6 Å². The molecule has 0 fully saturated rings. The summed E-state index contributed by atoms with van der Waals surface area (Å²) in [7, 11) is 0. The molecule has 0 bridgehead atoms. The summed E-state index contributed by atoms with van der Waals surface area (Å²) < 4.78 is 2.34. The van der Waals surface area contributed by atoms with Gasteiger partial charge in [-0.15, -0.1) is 0 Å². The summed E-state index contributed by atoms with van der Waals surface area (Å²) in [4.78, 5) is 0. The van der Waals surface area contributed by atoms with Gasteiger partial charge in [0, 0.05) is 17.2 Å². The first-order chi connectivity index (χ1) is 7.93. The molecule has 0 saturated carbocycles. The number of hydrogen-bond donors (Lipinski definition) is 0.